The first-order valence-corrected chi connectivity index (χ1v) is 7.63. The third kappa shape index (κ3) is 3.64. The van der Waals surface area contributed by atoms with Gasteiger partial charge in [0.1, 0.15) is 0 Å². The topological polar surface area (TPSA) is 72.2 Å². The Morgan fingerprint density at radius 1 is 1.32 bits per heavy atom. The number of nitrogens with one attached hydrogen (secondary N) is 1. The van der Waals surface area contributed by atoms with E-state index in [1.165, 1.54) is 12.1 Å². The molecule has 0 unspecified atom stereocenters. The standard InChI is InChI=1S/C15H12BrClN2O3/c1-2-9-3-6-14(12(16)7-9)18-15(20)11-8-10(19(21)22)4-5-13(11)17/h3-8H,2H2,1H3,(H,18,20). The average Bonchev–Trinajstić information content (AvgIpc) is 2.49. The minimum absolute atomic E-state index is 0.0577. The Morgan fingerprint density at radius 3 is 2.64 bits per heavy atom. The lowest BCUT2D eigenvalue weighted by molar-refractivity contribution is -0.384. The average molecular weight is 384 g/mol. The van der Waals surface area contributed by atoms with Crippen molar-refractivity contribution in [1.82, 2.24) is 0 Å². The number of rotatable bonds is 4. The first-order valence-electron chi connectivity index (χ1n) is 6.46. The molecule has 0 bridgehead atoms. The first kappa shape index (κ1) is 16.5. The molecule has 0 atom stereocenters. The van der Waals surface area contributed by atoms with Crippen LogP contribution in [0.4, 0.5) is 11.4 Å². The van der Waals surface area contributed by atoms with Crippen LogP contribution in [0.5, 0.6) is 0 Å². The molecular formula is C15H12BrClN2O3. The van der Waals surface area contributed by atoms with Gasteiger partial charge in [0.2, 0.25) is 0 Å². The maximum absolute atomic E-state index is 12.3. The molecule has 2 aromatic carbocycles. The zero-order valence-corrected chi connectivity index (χ0v) is 13.9. The number of hydrogen-bond donors (Lipinski definition) is 1. The van der Waals surface area contributed by atoms with Crippen LogP contribution in [0, 0.1) is 10.1 Å². The van der Waals surface area contributed by atoms with Crippen molar-refractivity contribution in [2.24, 2.45) is 0 Å². The highest BCUT2D eigenvalue weighted by Crippen LogP contribution is 2.27. The number of aryl methyl sites for hydroxylation is 1. The molecule has 0 radical (unpaired) electrons. The number of hydrogen-bond acceptors (Lipinski definition) is 3. The van der Waals surface area contributed by atoms with Gasteiger partial charge in [-0.1, -0.05) is 24.6 Å². The summed E-state index contributed by atoms with van der Waals surface area (Å²) in [5.41, 5.74) is 1.57. The second kappa shape index (κ2) is 6.89. The Kier molecular flexibility index (Phi) is 5.15. The Labute approximate surface area is 140 Å². The van der Waals surface area contributed by atoms with Crippen LogP contribution in [0.15, 0.2) is 40.9 Å². The molecule has 0 aliphatic carbocycles. The van der Waals surface area contributed by atoms with Gasteiger partial charge in [0.15, 0.2) is 0 Å². The maximum atomic E-state index is 12.3. The second-order valence-corrected chi connectivity index (χ2v) is 5.80. The van der Waals surface area contributed by atoms with E-state index in [1.807, 2.05) is 19.1 Å². The monoisotopic (exact) mass is 382 g/mol. The van der Waals surface area contributed by atoms with Crippen LogP contribution >= 0.6 is 27.5 Å². The van der Waals surface area contributed by atoms with Crippen LogP contribution in [-0.2, 0) is 6.42 Å². The Hall–Kier alpha value is -1.92. The summed E-state index contributed by atoms with van der Waals surface area (Å²) in [5.74, 6) is -0.501. The van der Waals surface area contributed by atoms with Crippen LogP contribution in [0.1, 0.15) is 22.8 Å². The van der Waals surface area contributed by atoms with E-state index in [2.05, 4.69) is 21.2 Å². The van der Waals surface area contributed by atoms with E-state index >= 15 is 0 Å². The number of carbonyl (C=O) groups is 1. The zero-order chi connectivity index (χ0) is 16.3. The van der Waals surface area contributed by atoms with Gasteiger partial charge in [-0.3, -0.25) is 14.9 Å². The number of nitrogens with zero attached hydrogens (tertiary/aromatic N) is 1. The number of carbonyl (C=O) groups excluding carboxylic acids is 1. The molecular weight excluding hydrogens is 372 g/mol. The molecule has 0 aliphatic rings. The summed E-state index contributed by atoms with van der Waals surface area (Å²) < 4.78 is 0.738. The summed E-state index contributed by atoms with van der Waals surface area (Å²) in [6.07, 6.45) is 0.879. The van der Waals surface area contributed by atoms with Crippen molar-refractivity contribution < 1.29 is 9.72 Å². The van der Waals surface area contributed by atoms with E-state index in [0.29, 0.717) is 5.69 Å². The van der Waals surface area contributed by atoms with Crippen molar-refractivity contribution in [1.29, 1.82) is 0 Å². The minimum atomic E-state index is -0.570. The van der Waals surface area contributed by atoms with Crippen LogP contribution in [0.3, 0.4) is 0 Å². The van der Waals surface area contributed by atoms with Gasteiger partial charge in [-0.25, -0.2) is 0 Å². The van der Waals surface area contributed by atoms with E-state index in [1.54, 1.807) is 6.07 Å². The summed E-state index contributed by atoms with van der Waals surface area (Å²) in [4.78, 5) is 22.5. The summed E-state index contributed by atoms with van der Waals surface area (Å²) in [6, 6.07) is 9.33. The lowest BCUT2D eigenvalue weighted by Gasteiger charge is -2.09. The Bertz CT molecular complexity index is 750. The summed E-state index contributed by atoms with van der Waals surface area (Å²) >= 11 is 9.34. The van der Waals surface area contributed by atoms with Crippen molar-refractivity contribution in [3.63, 3.8) is 0 Å². The lowest BCUT2D eigenvalue weighted by Crippen LogP contribution is -2.13. The van der Waals surface area contributed by atoms with Gasteiger partial charge < -0.3 is 5.32 Å². The number of nitro groups is 1. The van der Waals surface area contributed by atoms with Gasteiger partial charge in [-0.15, -0.1) is 0 Å². The SMILES string of the molecule is CCc1ccc(NC(=O)c2cc([N+](=O)[O-])ccc2Cl)c(Br)c1. The van der Waals surface area contributed by atoms with Gasteiger partial charge in [0.05, 0.1) is 21.2 Å². The van der Waals surface area contributed by atoms with E-state index in [0.717, 1.165) is 22.5 Å². The predicted molar refractivity (Wildman–Crippen MR) is 89.6 cm³/mol. The largest absolute Gasteiger partial charge is 0.321 e. The number of amides is 1. The number of halogens is 2. The normalized spacial score (nSPS) is 10.3. The van der Waals surface area contributed by atoms with E-state index in [9.17, 15) is 14.9 Å². The van der Waals surface area contributed by atoms with Gasteiger partial charge >= 0.3 is 0 Å². The zero-order valence-electron chi connectivity index (χ0n) is 11.6. The predicted octanol–water partition coefficient (Wildman–Crippen LogP) is 4.83. The molecule has 0 heterocycles. The molecule has 0 saturated carbocycles. The number of non-ortho nitro benzene ring substituents is 1. The van der Waals surface area contributed by atoms with Crippen molar-refractivity contribution >= 4 is 44.8 Å². The third-order valence-electron chi connectivity index (χ3n) is 3.10. The molecule has 0 fully saturated rings. The molecule has 2 aromatic rings. The van der Waals surface area contributed by atoms with Crippen molar-refractivity contribution in [3.05, 3.63) is 67.1 Å². The van der Waals surface area contributed by atoms with Crippen LogP contribution < -0.4 is 5.32 Å². The fourth-order valence-electron chi connectivity index (χ4n) is 1.87. The maximum Gasteiger partial charge on any atom is 0.270 e. The van der Waals surface area contributed by atoms with Crippen LogP contribution in [0.25, 0.3) is 0 Å². The summed E-state index contributed by atoms with van der Waals surface area (Å²) in [6.45, 7) is 2.03. The fourth-order valence-corrected chi connectivity index (χ4v) is 2.60. The Balaban J connectivity index is 2.29. The molecule has 1 N–H and O–H groups in total. The highest BCUT2D eigenvalue weighted by Gasteiger charge is 2.16. The number of anilines is 1. The van der Waals surface area contributed by atoms with Gasteiger partial charge in [-0.05, 0) is 46.1 Å². The van der Waals surface area contributed by atoms with E-state index in [-0.39, 0.29) is 16.3 Å². The smallest absolute Gasteiger partial charge is 0.270 e. The molecule has 2 rings (SSSR count). The molecule has 114 valence electrons. The quantitative estimate of drug-likeness (QED) is 0.607. The van der Waals surface area contributed by atoms with Crippen LogP contribution in [0.2, 0.25) is 5.02 Å². The molecule has 0 aliphatic heterocycles. The highest BCUT2D eigenvalue weighted by molar-refractivity contribution is 9.10. The fraction of sp³-hybridized carbons (Fsp3) is 0.133. The minimum Gasteiger partial charge on any atom is -0.321 e. The first-order chi connectivity index (χ1) is 10.4. The van der Waals surface area contributed by atoms with Gasteiger partial charge in [-0.2, -0.15) is 0 Å². The molecule has 0 aromatic heterocycles. The molecule has 22 heavy (non-hydrogen) atoms. The van der Waals surface area contributed by atoms with Gasteiger partial charge in [0, 0.05) is 16.6 Å². The molecule has 1 amide bonds. The third-order valence-corrected chi connectivity index (χ3v) is 4.08. The van der Waals surface area contributed by atoms with Crippen molar-refractivity contribution in [2.75, 3.05) is 5.32 Å². The number of benzene rings is 2. The molecule has 0 saturated heterocycles. The molecule has 0 spiro atoms. The van der Waals surface area contributed by atoms with Crippen molar-refractivity contribution in [3.8, 4) is 0 Å². The van der Waals surface area contributed by atoms with E-state index in [4.69, 9.17) is 11.6 Å². The molecule has 7 heteroatoms. The van der Waals surface area contributed by atoms with Crippen LogP contribution in [-0.4, -0.2) is 10.8 Å². The second-order valence-electron chi connectivity index (χ2n) is 4.54. The van der Waals surface area contributed by atoms with E-state index < -0.39 is 10.8 Å². The molecule has 5 nitrogen and oxygen atoms in total. The highest BCUT2D eigenvalue weighted by atomic mass is 79.9. The number of nitro benzene ring substituents is 1. The Morgan fingerprint density at radius 2 is 2.05 bits per heavy atom. The summed E-state index contributed by atoms with van der Waals surface area (Å²) in [5, 5.41) is 13.6. The van der Waals surface area contributed by atoms with Crippen molar-refractivity contribution in [2.45, 2.75) is 13.3 Å². The lowest BCUT2D eigenvalue weighted by atomic mass is 10.1. The van der Waals surface area contributed by atoms with Gasteiger partial charge in [0.25, 0.3) is 11.6 Å². The summed E-state index contributed by atoms with van der Waals surface area (Å²) in [7, 11) is 0.